The Labute approximate surface area is 122 Å². The Kier molecular flexibility index (Phi) is 5.18. The molecule has 1 aromatic rings. The van der Waals surface area contributed by atoms with E-state index in [1.807, 2.05) is 0 Å². The summed E-state index contributed by atoms with van der Waals surface area (Å²) in [6.07, 6.45) is 2.29. The van der Waals surface area contributed by atoms with E-state index >= 15 is 0 Å². The topological polar surface area (TPSA) is 41.1 Å². The molecular weight excluding hydrogens is 248 g/mol. The standard InChI is InChI=1S/C17H26N2O/c1-12(2)10-19-17(20)11-18-16-9-8-13(3)14-6-4-5-7-15(14)16/h4-7,12-13,16,18H,8-11H2,1-3H3,(H,19,20). The molecule has 2 N–H and O–H groups in total. The van der Waals surface area contributed by atoms with Gasteiger partial charge in [0, 0.05) is 12.6 Å². The second-order valence-electron chi connectivity index (χ2n) is 6.24. The first-order valence-electron chi connectivity index (χ1n) is 7.66. The van der Waals surface area contributed by atoms with E-state index in [2.05, 4.69) is 55.7 Å². The van der Waals surface area contributed by atoms with Crippen molar-refractivity contribution in [3.05, 3.63) is 35.4 Å². The van der Waals surface area contributed by atoms with Crippen LogP contribution in [-0.4, -0.2) is 19.0 Å². The molecule has 20 heavy (non-hydrogen) atoms. The van der Waals surface area contributed by atoms with E-state index < -0.39 is 0 Å². The second-order valence-corrected chi connectivity index (χ2v) is 6.24. The summed E-state index contributed by atoms with van der Waals surface area (Å²) in [5, 5.41) is 6.36. The molecule has 0 aliphatic heterocycles. The van der Waals surface area contributed by atoms with Gasteiger partial charge < -0.3 is 10.6 Å². The van der Waals surface area contributed by atoms with Gasteiger partial charge in [-0.1, -0.05) is 45.0 Å². The molecule has 3 nitrogen and oxygen atoms in total. The average molecular weight is 274 g/mol. The van der Waals surface area contributed by atoms with Crippen LogP contribution in [-0.2, 0) is 4.79 Å². The van der Waals surface area contributed by atoms with Crippen LogP contribution in [0.4, 0.5) is 0 Å². The number of fused-ring (bicyclic) bond motifs is 1. The lowest BCUT2D eigenvalue weighted by molar-refractivity contribution is -0.120. The predicted molar refractivity (Wildman–Crippen MR) is 82.7 cm³/mol. The predicted octanol–water partition coefficient (Wildman–Crippen LogP) is 2.99. The molecule has 2 atom stereocenters. The average Bonchev–Trinajstić information content (AvgIpc) is 2.45. The van der Waals surface area contributed by atoms with E-state index in [0.717, 1.165) is 13.0 Å². The number of carbonyl (C=O) groups is 1. The molecule has 0 bridgehead atoms. The van der Waals surface area contributed by atoms with Gasteiger partial charge in [0.25, 0.3) is 0 Å². The smallest absolute Gasteiger partial charge is 0.233 e. The molecule has 0 saturated carbocycles. The number of hydrogen-bond donors (Lipinski definition) is 2. The van der Waals surface area contributed by atoms with E-state index in [0.29, 0.717) is 24.4 Å². The molecule has 0 radical (unpaired) electrons. The van der Waals surface area contributed by atoms with Crippen LogP contribution in [0, 0.1) is 5.92 Å². The Hall–Kier alpha value is -1.35. The first kappa shape index (κ1) is 15.0. The van der Waals surface area contributed by atoms with Crippen molar-refractivity contribution in [3.8, 4) is 0 Å². The lowest BCUT2D eigenvalue weighted by atomic mass is 9.81. The van der Waals surface area contributed by atoms with E-state index in [-0.39, 0.29) is 5.91 Å². The number of carbonyl (C=O) groups excluding carboxylic acids is 1. The zero-order chi connectivity index (χ0) is 14.5. The van der Waals surface area contributed by atoms with Crippen molar-refractivity contribution in [2.45, 2.75) is 45.6 Å². The van der Waals surface area contributed by atoms with Gasteiger partial charge in [0.15, 0.2) is 0 Å². The molecule has 0 aromatic heterocycles. The van der Waals surface area contributed by atoms with Gasteiger partial charge in [-0.25, -0.2) is 0 Å². The summed E-state index contributed by atoms with van der Waals surface area (Å²) in [4.78, 5) is 11.8. The van der Waals surface area contributed by atoms with Gasteiger partial charge in [-0.3, -0.25) is 4.79 Å². The Morgan fingerprint density at radius 3 is 2.65 bits per heavy atom. The molecule has 0 saturated heterocycles. The van der Waals surface area contributed by atoms with Crippen LogP contribution in [0.25, 0.3) is 0 Å². The maximum Gasteiger partial charge on any atom is 0.233 e. The van der Waals surface area contributed by atoms with Crippen molar-refractivity contribution in [2.24, 2.45) is 5.92 Å². The minimum absolute atomic E-state index is 0.0924. The Morgan fingerprint density at radius 2 is 1.95 bits per heavy atom. The maximum atomic E-state index is 11.8. The highest BCUT2D eigenvalue weighted by atomic mass is 16.1. The van der Waals surface area contributed by atoms with Crippen LogP contribution in [0.2, 0.25) is 0 Å². The lowest BCUT2D eigenvalue weighted by Gasteiger charge is -2.30. The first-order valence-corrected chi connectivity index (χ1v) is 7.66. The van der Waals surface area contributed by atoms with Gasteiger partial charge in [0.05, 0.1) is 6.54 Å². The van der Waals surface area contributed by atoms with Crippen LogP contribution in [0.15, 0.2) is 24.3 Å². The van der Waals surface area contributed by atoms with Crippen LogP contribution >= 0.6 is 0 Å². The number of benzene rings is 1. The number of nitrogens with one attached hydrogen (secondary N) is 2. The highest BCUT2D eigenvalue weighted by molar-refractivity contribution is 5.78. The molecule has 110 valence electrons. The van der Waals surface area contributed by atoms with Crippen molar-refractivity contribution in [1.29, 1.82) is 0 Å². The van der Waals surface area contributed by atoms with Crippen molar-refractivity contribution >= 4 is 5.91 Å². The highest BCUT2D eigenvalue weighted by Crippen LogP contribution is 2.36. The molecule has 2 unspecified atom stereocenters. The van der Waals surface area contributed by atoms with Crippen LogP contribution in [0.1, 0.15) is 56.7 Å². The molecule has 1 aliphatic carbocycles. The van der Waals surface area contributed by atoms with E-state index in [1.54, 1.807) is 0 Å². The molecule has 0 spiro atoms. The molecule has 2 rings (SSSR count). The van der Waals surface area contributed by atoms with Crippen LogP contribution in [0.5, 0.6) is 0 Å². The third-order valence-electron chi connectivity index (χ3n) is 4.01. The first-order chi connectivity index (χ1) is 9.58. The van der Waals surface area contributed by atoms with E-state index in [4.69, 9.17) is 0 Å². The van der Waals surface area contributed by atoms with Gasteiger partial charge >= 0.3 is 0 Å². The summed E-state index contributed by atoms with van der Waals surface area (Å²) < 4.78 is 0. The number of hydrogen-bond acceptors (Lipinski definition) is 2. The fourth-order valence-electron chi connectivity index (χ4n) is 2.81. The molecule has 1 aromatic carbocycles. The molecule has 1 aliphatic rings. The summed E-state index contributed by atoms with van der Waals surface area (Å²) in [5.74, 6) is 1.21. The van der Waals surface area contributed by atoms with E-state index in [9.17, 15) is 4.79 Å². The number of amides is 1. The van der Waals surface area contributed by atoms with Crippen LogP contribution in [0.3, 0.4) is 0 Å². The summed E-state index contributed by atoms with van der Waals surface area (Å²) in [7, 11) is 0. The lowest BCUT2D eigenvalue weighted by Crippen LogP contribution is -2.38. The Bertz CT molecular complexity index is 456. The highest BCUT2D eigenvalue weighted by Gasteiger charge is 2.24. The minimum Gasteiger partial charge on any atom is -0.355 e. The molecule has 0 fully saturated rings. The minimum atomic E-state index is 0.0924. The SMILES string of the molecule is CC(C)CNC(=O)CNC1CCC(C)c2ccccc21. The third kappa shape index (κ3) is 3.83. The van der Waals surface area contributed by atoms with E-state index in [1.165, 1.54) is 17.5 Å². The zero-order valence-electron chi connectivity index (χ0n) is 12.8. The molecule has 3 heteroatoms. The molecular formula is C17H26N2O. The van der Waals surface area contributed by atoms with Crippen molar-refractivity contribution < 1.29 is 4.79 Å². The van der Waals surface area contributed by atoms with Gasteiger partial charge in [0.2, 0.25) is 5.91 Å². The van der Waals surface area contributed by atoms with Gasteiger partial charge in [0.1, 0.15) is 0 Å². The largest absolute Gasteiger partial charge is 0.355 e. The molecule has 0 heterocycles. The molecule has 1 amide bonds. The van der Waals surface area contributed by atoms with Crippen molar-refractivity contribution in [3.63, 3.8) is 0 Å². The number of rotatable bonds is 5. The van der Waals surface area contributed by atoms with Crippen LogP contribution < -0.4 is 10.6 Å². The maximum absolute atomic E-state index is 11.8. The Balaban J connectivity index is 1.91. The summed E-state index contributed by atoms with van der Waals surface area (Å²) in [5.41, 5.74) is 2.79. The fraction of sp³-hybridized carbons (Fsp3) is 0.588. The summed E-state index contributed by atoms with van der Waals surface area (Å²) in [6, 6.07) is 8.91. The van der Waals surface area contributed by atoms with Gasteiger partial charge in [-0.05, 0) is 35.8 Å². The third-order valence-corrected chi connectivity index (χ3v) is 4.01. The van der Waals surface area contributed by atoms with Crippen molar-refractivity contribution in [1.82, 2.24) is 10.6 Å². The van der Waals surface area contributed by atoms with Crippen molar-refractivity contribution in [2.75, 3.05) is 13.1 Å². The summed E-state index contributed by atoms with van der Waals surface area (Å²) >= 11 is 0. The monoisotopic (exact) mass is 274 g/mol. The summed E-state index contributed by atoms with van der Waals surface area (Å²) in [6.45, 7) is 7.64. The normalized spacial score (nSPS) is 21.6. The zero-order valence-corrected chi connectivity index (χ0v) is 12.8. The van der Waals surface area contributed by atoms with Gasteiger partial charge in [-0.2, -0.15) is 0 Å². The second kappa shape index (κ2) is 6.89. The van der Waals surface area contributed by atoms with Gasteiger partial charge in [-0.15, -0.1) is 0 Å². The fourth-order valence-corrected chi connectivity index (χ4v) is 2.81. The quantitative estimate of drug-likeness (QED) is 0.866. The Morgan fingerprint density at radius 1 is 1.25 bits per heavy atom.